The van der Waals surface area contributed by atoms with Crippen molar-refractivity contribution in [2.75, 3.05) is 18.0 Å². The quantitative estimate of drug-likeness (QED) is 0.935. The smallest absolute Gasteiger partial charge is 0.155 e. The summed E-state index contributed by atoms with van der Waals surface area (Å²) in [6, 6.07) is 12.8. The summed E-state index contributed by atoms with van der Waals surface area (Å²) in [4.78, 5) is 2.30. The van der Waals surface area contributed by atoms with E-state index in [2.05, 4.69) is 63.7 Å². The van der Waals surface area contributed by atoms with Gasteiger partial charge in [-0.25, -0.2) is 0 Å². The molecule has 4 nitrogen and oxygen atoms in total. The predicted octanol–water partition coefficient (Wildman–Crippen LogP) is 3.06. The average molecular weight is 282 g/mol. The maximum Gasteiger partial charge on any atom is 0.155 e. The van der Waals surface area contributed by atoms with Gasteiger partial charge in [-0.15, -0.1) is 5.10 Å². The minimum Gasteiger partial charge on any atom is -0.325 e. The van der Waals surface area contributed by atoms with E-state index < -0.39 is 0 Å². The van der Waals surface area contributed by atoms with Crippen LogP contribution in [0, 0.1) is 0 Å². The number of benzene rings is 1. The molecule has 110 valence electrons. The third kappa shape index (κ3) is 3.22. The number of rotatable bonds is 4. The summed E-state index contributed by atoms with van der Waals surface area (Å²) in [7, 11) is 0. The molecule has 2 heterocycles. The van der Waals surface area contributed by atoms with Gasteiger partial charge < -0.3 is 10.2 Å². The number of nitrogens with one attached hydrogen (secondary N) is 1. The Morgan fingerprint density at radius 2 is 2.00 bits per heavy atom. The van der Waals surface area contributed by atoms with E-state index in [1.165, 1.54) is 24.1 Å². The summed E-state index contributed by atoms with van der Waals surface area (Å²) < 4.78 is 0. The molecule has 2 aromatic rings. The van der Waals surface area contributed by atoms with E-state index in [-0.39, 0.29) is 0 Å². The first-order chi connectivity index (χ1) is 10.4. The Morgan fingerprint density at radius 1 is 1.10 bits per heavy atom. The lowest BCUT2D eigenvalue weighted by molar-refractivity contribution is 0.696. The highest BCUT2D eigenvalue weighted by Crippen LogP contribution is 2.30. The Balaban J connectivity index is 1.86. The Morgan fingerprint density at radius 3 is 2.81 bits per heavy atom. The van der Waals surface area contributed by atoms with E-state index in [4.69, 9.17) is 0 Å². The van der Waals surface area contributed by atoms with Crippen LogP contribution in [0.5, 0.6) is 0 Å². The van der Waals surface area contributed by atoms with Crippen molar-refractivity contribution in [3.05, 3.63) is 47.7 Å². The summed E-state index contributed by atoms with van der Waals surface area (Å²) >= 11 is 0. The van der Waals surface area contributed by atoms with Crippen molar-refractivity contribution in [3.63, 3.8) is 0 Å². The Hall–Kier alpha value is -1.94. The van der Waals surface area contributed by atoms with Crippen LogP contribution in [0.4, 0.5) is 11.5 Å². The summed E-state index contributed by atoms with van der Waals surface area (Å²) in [6.07, 6.45) is 3.58. The van der Waals surface area contributed by atoms with Crippen LogP contribution in [-0.2, 0) is 13.0 Å². The third-order valence-electron chi connectivity index (χ3n) is 3.90. The molecule has 0 radical (unpaired) electrons. The van der Waals surface area contributed by atoms with Gasteiger partial charge in [0.2, 0.25) is 0 Å². The normalized spacial score (nSPS) is 14.6. The van der Waals surface area contributed by atoms with Crippen LogP contribution >= 0.6 is 0 Å². The van der Waals surface area contributed by atoms with Gasteiger partial charge in [0.25, 0.3) is 0 Å². The number of anilines is 2. The highest BCUT2D eigenvalue weighted by atomic mass is 15.3. The Bertz CT molecular complexity index is 580. The van der Waals surface area contributed by atoms with E-state index >= 15 is 0 Å². The first kappa shape index (κ1) is 14.0. The van der Waals surface area contributed by atoms with Crippen molar-refractivity contribution in [3.8, 4) is 0 Å². The molecule has 0 amide bonds. The summed E-state index contributed by atoms with van der Waals surface area (Å²) in [5.41, 5.74) is 3.68. The number of nitrogens with zero attached hydrogens (tertiary/aromatic N) is 3. The number of para-hydroxylation sites is 1. The van der Waals surface area contributed by atoms with E-state index in [1.807, 2.05) is 0 Å². The minimum absolute atomic E-state index is 0.778. The molecule has 0 saturated carbocycles. The van der Waals surface area contributed by atoms with Gasteiger partial charge >= 0.3 is 0 Å². The van der Waals surface area contributed by atoms with Gasteiger partial charge in [0.15, 0.2) is 5.82 Å². The summed E-state index contributed by atoms with van der Waals surface area (Å²) in [6.45, 7) is 4.83. The van der Waals surface area contributed by atoms with E-state index in [9.17, 15) is 0 Å². The Labute approximate surface area is 126 Å². The molecule has 1 N–H and O–H groups in total. The van der Waals surface area contributed by atoms with Crippen LogP contribution in [-0.4, -0.2) is 23.3 Å². The second-order valence-electron chi connectivity index (χ2n) is 5.40. The molecule has 4 heteroatoms. The second-order valence-corrected chi connectivity index (χ2v) is 5.40. The van der Waals surface area contributed by atoms with Gasteiger partial charge in [-0.3, -0.25) is 0 Å². The molecule has 0 atom stereocenters. The van der Waals surface area contributed by atoms with Crippen LogP contribution < -0.4 is 10.2 Å². The van der Waals surface area contributed by atoms with Crippen LogP contribution in [0.1, 0.15) is 31.0 Å². The van der Waals surface area contributed by atoms with Crippen LogP contribution in [0.2, 0.25) is 0 Å². The molecular weight excluding hydrogens is 260 g/mol. The fourth-order valence-electron chi connectivity index (χ4n) is 2.77. The topological polar surface area (TPSA) is 41.0 Å². The summed E-state index contributed by atoms with van der Waals surface area (Å²) in [5.74, 6) is 0.949. The molecule has 0 fully saturated rings. The standard InChI is InChI=1S/C17H22N4/c1-2-18-13-15-10-11-17(20-19-15)21-12-6-5-8-14-7-3-4-9-16(14)21/h3-4,7,9-11,18H,2,5-6,8,12-13H2,1H3. The SMILES string of the molecule is CCNCc1ccc(N2CCCCc3ccccc32)nn1. The molecule has 1 aliphatic heterocycles. The molecule has 3 rings (SSSR count). The van der Waals surface area contributed by atoms with Crippen molar-refractivity contribution in [2.24, 2.45) is 0 Å². The first-order valence-corrected chi connectivity index (χ1v) is 7.77. The number of fused-ring (bicyclic) bond motifs is 1. The fraction of sp³-hybridized carbons (Fsp3) is 0.412. The van der Waals surface area contributed by atoms with Gasteiger partial charge in [-0.2, -0.15) is 5.10 Å². The predicted molar refractivity (Wildman–Crippen MR) is 85.8 cm³/mol. The zero-order chi connectivity index (χ0) is 14.5. The largest absolute Gasteiger partial charge is 0.325 e. The van der Waals surface area contributed by atoms with Gasteiger partial charge in [-0.1, -0.05) is 25.1 Å². The molecule has 1 aromatic heterocycles. The number of hydrogen-bond acceptors (Lipinski definition) is 4. The molecule has 0 aliphatic carbocycles. The number of hydrogen-bond donors (Lipinski definition) is 1. The number of aryl methyl sites for hydroxylation is 1. The van der Waals surface area contributed by atoms with Gasteiger partial charge in [-0.05, 0) is 49.6 Å². The van der Waals surface area contributed by atoms with E-state index in [1.54, 1.807) is 0 Å². The molecular formula is C17H22N4. The van der Waals surface area contributed by atoms with Crippen LogP contribution in [0.25, 0.3) is 0 Å². The maximum absolute atomic E-state index is 4.43. The highest BCUT2D eigenvalue weighted by molar-refractivity contribution is 5.64. The molecule has 0 bridgehead atoms. The maximum atomic E-state index is 4.43. The average Bonchev–Trinajstić information content (AvgIpc) is 2.76. The van der Waals surface area contributed by atoms with E-state index in [0.717, 1.165) is 37.6 Å². The van der Waals surface area contributed by atoms with Gasteiger partial charge in [0.1, 0.15) is 0 Å². The van der Waals surface area contributed by atoms with Crippen molar-refractivity contribution in [2.45, 2.75) is 32.7 Å². The third-order valence-corrected chi connectivity index (χ3v) is 3.90. The van der Waals surface area contributed by atoms with Gasteiger partial charge in [0, 0.05) is 18.8 Å². The van der Waals surface area contributed by atoms with E-state index in [0.29, 0.717) is 0 Å². The molecule has 21 heavy (non-hydrogen) atoms. The van der Waals surface area contributed by atoms with Crippen molar-refractivity contribution in [1.29, 1.82) is 0 Å². The van der Waals surface area contributed by atoms with Crippen molar-refractivity contribution in [1.82, 2.24) is 15.5 Å². The second kappa shape index (κ2) is 6.68. The van der Waals surface area contributed by atoms with Crippen molar-refractivity contribution >= 4 is 11.5 Å². The van der Waals surface area contributed by atoms with Gasteiger partial charge in [0.05, 0.1) is 5.69 Å². The lowest BCUT2D eigenvalue weighted by Crippen LogP contribution is -2.20. The van der Waals surface area contributed by atoms with Crippen LogP contribution in [0.3, 0.4) is 0 Å². The molecule has 0 saturated heterocycles. The zero-order valence-corrected chi connectivity index (χ0v) is 12.5. The Kier molecular flexibility index (Phi) is 4.46. The van der Waals surface area contributed by atoms with Crippen molar-refractivity contribution < 1.29 is 0 Å². The molecule has 1 aliphatic rings. The summed E-state index contributed by atoms with van der Waals surface area (Å²) in [5, 5.41) is 12.0. The molecule has 0 unspecified atom stereocenters. The van der Waals surface area contributed by atoms with Crippen LogP contribution in [0.15, 0.2) is 36.4 Å². The lowest BCUT2D eigenvalue weighted by atomic mass is 10.1. The number of aromatic nitrogens is 2. The highest BCUT2D eigenvalue weighted by Gasteiger charge is 2.17. The monoisotopic (exact) mass is 282 g/mol. The molecule has 0 spiro atoms. The zero-order valence-electron chi connectivity index (χ0n) is 12.5. The minimum atomic E-state index is 0.778. The lowest BCUT2D eigenvalue weighted by Gasteiger charge is -2.23. The first-order valence-electron chi connectivity index (χ1n) is 7.77. The molecule has 1 aromatic carbocycles. The fourth-order valence-corrected chi connectivity index (χ4v) is 2.77.